The van der Waals surface area contributed by atoms with E-state index in [2.05, 4.69) is 80.6 Å². The molecule has 1 aliphatic heterocycles. The molecule has 0 amide bonds. The molecule has 2 heteroatoms. The third-order valence-electron chi connectivity index (χ3n) is 5.95. The number of benzene rings is 2. The van der Waals surface area contributed by atoms with Gasteiger partial charge in [-0.3, -0.25) is 0 Å². The molecule has 0 fully saturated rings. The number of aliphatic hydroxyl groups excluding tert-OH is 1. The number of aryl methyl sites for hydroxylation is 1. The first-order valence-electron chi connectivity index (χ1n) is 9.87. The Morgan fingerprint density at radius 2 is 1.96 bits per heavy atom. The standard InChI is InChI=1S/C25H28NO/c1-5-24-21(11-13-27)20-9-6-17(4)14-23(20)25-22-15-19(16(2)3)8-7-18(22)10-12-26(24)25/h5-10,12,14-16,21,24,27H,1,11,13H2,2-4H3/q+1. The van der Waals surface area contributed by atoms with Crippen LogP contribution in [0, 0.1) is 6.92 Å². The van der Waals surface area contributed by atoms with Crippen molar-refractivity contribution in [1.82, 2.24) is 0 Å². The van der Waals surface area contributed by atoms with E-state index in [1.54, 1.807) is 0 Å². The van der Waals surface area contributed by atoms with Crippen LogP contribution in [0.1, 0.15) is 54.8 Å². The number of hydrogen-bond donors (Lipinski definition) is 1. The van der Waals surface area contributed by atoms with Crippen molar-refractivity contribution in [3.8, 4) is 11.3 Å². The first-order valence-corrected chi connectivity index (χ1v) is 9.87. The van der Waals surface area contributed by atoms with Crippen molar-refractivity contribution in [2.75, 3.05) is 6.61 Å². The smallest absolute Gasteiger partial charge is 0.221 e. The van der Waals surface area contributed by atoms with E-state index in [1.165, 1.54) is 38.7 Å². The normalized spacial score (nSPS) is 18.4. The summed E-state index contributed by atoms with van der Waals surface area (Å²) in [5, 5.41) is 12.2. The van der Waals surface area contributed by atoms with Gasteiger partial charge in [0, 0.05) is 12.7 Å². The number of hydrogen-bond acceptors (Lipinski definition) is 1. The molecule has 0 aliphatic carbocycles. The highest BCUT2D eigenvalue weighted by molar-refractivity contribution is 5.94. The summed E-state index contributed by atoms with van der Waals surface area (Å²) in [6.45, 7) is 10.9. The summed E-state index contributed by atoms with van der Waals surface area (Å²) < 4.78 is 2.36. The van der Waals surface area contributed by atoms with Gasteiger partial charge in [-0.2, -0.15) is 4.57 Å². The van der Waals surface area contributed by atoms with Gasteiger partial charge in [0.25, 0.3) is 0 Å². The molecule has 3 aromatic rings. The van der Waals surface area contributed by atoms with Gasteiger partial charge in [0.2, 0.25) is 5.69 Å². The Labute approximate surface area is 161 Å². The Morgan fingerprint density at radius 3 is 2.67 bits per heavy atom. The molecule has 2 nitrogen and oxygen atoms in total. The maximum atomic E-state index is 9.69. The van der Waals surface area contributed by atoms with Crippen LogP contribution < -0.4 is 4.57 Å². The minimum absolute atomic E-state index is 0.148. The molecule has 0 spiro atoms. The number of aromatic nitrogens is 1. The lowest BCUT2D eigenvalue weighted by Crippen LogP contribution is -2.46. The Hall–Kier alpha value is -2.45. The molecule has 2 aromatic carbocycles. The number of pyridine rings is 1. The van der Waals surface area contributed by atoms with Crippen LogP contribution >= 0.6 is 0 Å². The Morgan fingerprint density at radius 1 is 1.15 bits per heavy atom. The van der Waals surface area contributed by atoms with Gasteiger partial charge in [-0.15, -0.1) is 0 Å². The number of allylic oxidation sites excluding steroid dienone is 1. The molecular formula is C25H28NO+. The monoisotopic (exact) mass is 358 g/mol. The van der Waals surface area contributed by atoms with Crippen molar-refractivity contribution in [3.05, 3.63) is 78.0 Å². The quantitative estimate of drug-likeness (QED) is 0.488. The van der Waals surface area contributed by atoms with Crippen molar-refractivity contribution < 1.29 is 9.67 Å². The third kappa shape index (κ3) is 2.89. The fourth-order valence-corrected chi connectivity index (χ4v) is 4.51. The van der Waals surface area contributed by atoms with Crippen molar-refractivity contribution in [3.63, 3.8) is 0 Å². The summed E-state index contributed by atoms with van der Waals surface area (Å²) in [5.74, 6) is 0.736. The molecule has 2 heterocycles. The molecule has 1 N–H and O–H groups in total. The van der Waals surface area contributed by atoms with Crippen molar-refractivity contribution in [2.24, 2.45) is 0 Å². The molecule has 138 valence electrons. The largest absolute Gasteiger partial charge is 0.396 e. The molecule has 2 atom stereocenters. The van der Waals surface area contributed by atoms with Crippen LogP contribution in [0.2, 0.25) is 0 Å². The van der Waals surface area contributed by atoms with Crippen LogP contribution in [-0.2, 0) is 0 Å². The van der Waals surface area contributed by atoms with Crippen LogP contribution in [0.5, 0.6) is 0 Å². The summed E-state index contributed by atoms with van der Waals surface area (Å²) >= 11 is 0. The lowest BCUT2D eigenvalue weighted by molar-refractivity contribution is -0.706. The topological polar surface area (TPSA) is 24.1 Å². The first-order chi connectivity index (χ1) is 13.0. The van der Waals surface area contributed by atoms with Gasteiger partial charge in [-0.05, 0) is 54.0 Å². The molecule has 0 saturated carbocycles. The summed E-state index contributed by atoms with van der Waals surface area (Å²) in [4.78, 5) is 0. The second-order valence-electron chi connectivity index (χ2n) is 8.01. The second kappa shape index (κ2) is 6.94. The minimum atomic E-state index is 0.148. The maximum Gasteiger partial charge on any atom is 0.221 e. The van der Waals surface area contributed by atoms with E-state index in [0.29, 0.717) is 5.92 Å². The fourth-order valence-electron chi connectivity index (χ4n) is 4.51. The van der Waals surface area contributed by atoms with Gasteiger partial charge >= 0.3 is 0 Å². The Balaban J connectivity index is 2.09. The molecular weight excluding hydrogens is 330 g/mol. The Bertz CT molecular complexity index is 1020. The van der Waals surface area contributed by atoms with E-state index < -0.39 is 0 Å². The van der Waals surface area contributed by atoms with E-state index in [-0.39, 0.29) is 18.6 Å². The number of aliphatic hydroxyl groups is 1. The average molecular weight is 359 g/mol. The van der Waals surface area contributed by atoms with Gasteiger partial charge in [0.1, 0.15) is 0 Å². The van der Waals surface area contributed by atoms with Crippen LogP contribution in [0.3, 0.4) is 0 Å². The molecule has 1 aliphatic rings. The van der Waals surface area contributed by atoms with E-state index in [1.807, 2.05) is 6.08 Å². The summed E-state index contributed by atoms with van der Waals surface area (Å²) in [6, 6.07) is 15.9. The maximum absolute atomic E-state index is 9.69. The highest BCUT2D eigenvalue weighted by atomic mass is 16.3. The molecule has 27 heavy (non-hydrogen) atoms. The SMILES string of the molecule is C=CC1C(CCO)c2ccc(C)cc2-c2c3cc(C(C)C)ccc3cc[n+]21. The van der Waals surface area contributed by atoms with E-state index in [0.717, 1.165) is 6.42 Å². The molecule has 0 radical (unpaired) electrons. The van der Waals surface area contributed by atoms with Gasteiger partial charge in [-0.1, -0.05) is 50.3 Å². The molecule has 0 saturated heterocycles. The summed E-state index contributed by atoms with van der Waals surface area (Å²) in [6.07, 6.45) is 4.96. The molecule has 1 aromatic heterocycles. The summed E-state index contributed by atoms with van der Waals surface area (Å²) in [5.41, 5.74) is 6.50. The second-order valence-corrected chi connectivity index (χ2v) is 8.01. The van der Waals surface area contributed by atoms with E-state index >= 15 is 0 Å². The zero-order valence-corrected chi connectivity index (χ0v) is 16.4. The predicted octanol–water partition coefficient (Wildman–Crippen LogP) is 5.43. The van der Waals surface area contributed by atoms with Gasteiger partial charge in [-0.25, -0.2) is 0 Å². The minimum Gasteiger partial charge on any atom is -0.396 e. The Kier molecular flexibility index (Phi) is 4.61. The predicted molar refractivity (Wildman–Crippen MR) is 112 cm³/mol. The van der Waals surface area contributed by atoms with E-state index in [4.69, 9.17) is 0 Å². The molecule has 2 unspecified atom stereocenters. The zero-order valence-electron chi connectivity index (χ0n) is 16.4. The highest BCUT2D eigenvalue weighted by Crippen LogP contribution is 2.43. The first kappa shape index (κ1) is 17.9. The van der Waals surface area contributed by atoms with Crippen LogP contribution in [0.15, 0.2) is 61.3 Å². The number of rotatable bonds is 4. The van der Waals surface area contributed by atoms with Crippen molar-refractivity contribution in [1.29, 1.82) is 0 Å². The van der Waals surface area contributed by atoms with Crippen molar-refractivity contribution in [2.45, 2.75) is 45.1 Å². The van der Waals surface area contributed by atoms with Gasteiger partial charge < -0.3 is 5.11 Å². The number of nitrogens with zero attached hydrogens (tertiary/aromatic N) is 1. The van der Waals surface area contributed by atoms with Gasteiger partial charge in [0.05, 0.1) is 16.9 Å². The lowest BCUT2D eigenvalue weighted by atomic mass is 9.79. The molecule has 4 rings (SSSR count). The van der Waals surface area contributed by atoms with Crippen LogP contribution in [0.25, 0.3) is 22.0 Å². The molecule has 0 bridgehead atoms. The summed E-state index contributed by atoms with van der Waals surface area (Å²) in [7, 11) is 0. The van der Waals surface area contributed by atoms with Gasteiger partial charge in [0.15, 0.2) is 12.2 Å². The van der Waals surface area contributed by atoms with E-state index in [9.17, 15) is 5.11 Å². The van der Waals surface area contributed by atoms with Crippen LogP contribution in [0.4, 0.5) is 0 Å². The third-order valence-corrected chi connectivity index (χ3v) is 5.95. The fraction of sp³-hybridized carbons (Fsp3) is 0.320. The van der Waals surface area contributed by atoms with Crippen molar-refractivity contribution >= 4 is 10.8 Å². The number of fused-ring (bicyclic) bond motifs is 5. The lowest BCUT2D eigenvalue weighted by Gasteiger charge is -2.29. The van der Waals surface area contributed by atoms with Crippen LogP contribution in [-0.4, -0.2) is 11.7 Å². The zero-order chi connectivity index (χ0) is 19.1. The highest BCUT2D eigenvalue weighted by Gasteiger charge is 2.39. The average Bonchev–Trinajstić information content (AvgIpc) is 2.67.